The van der Waals surface area contributed by atoms with E-state index in [-0.39, 0.29) is 6.03 Å². The molecule has 1 saturated heterocycles. The largest absolute Gasteiger partial charge is 0.497 e. The molecule has 4 heterocycles. The van der Waals surface area contributed by atoms with Gasteiger partial charge in [-0.25, -0.2) is 35.6 Å². The molecule has 3 aliphatic rings. The molecule has 1 atom stereocenters. The molecule has 0 aliphatic carbocycles. The van der Waals surface area contributed by atoms with E-state index in [1.807, 2.05) is 30.3 Å². The highest BCUT2D eigenvalue weighted by atomic mass is 16.5. The second kappa shape index (κ2) is 6.38. The van der Waals surface area contributed by atoms with Crippen LogP contribution >= 0.6 is 0 Å². The minimum Gasteiger partial charge on any atom is -0.497 e. The summed E-state index contributed by atoms with van der Waals surface area (Å²) in [6, 6.07) is 11.0. The fourth-order valence-corrected chi connectivity index (χ4v) is 3.64. The molecule has 0 bridgehead atoms. The number of nitrogens with zero attached hydrogens (tertiary/aromatic N) is 6. The number of nitrogens with two attached hydrogens (primary N) is 1. The number of carbonyl (C=O) groups is 1. The SMILES string of the molecule is COc1ccc(CN2C(=O)N(C)N3C4=C(c5ccco5)N=CN(N)C4=NC23)cc1. The minimum absolute atomic E-state index is 0.168. The number of amidine groups is 1. The average molecular weight is 393 g/mol. The number of urea groups is 1. The Balaban J connectivity index is 1.53. The van der Waals surface area contributed by atoms with Crippen molar-refractivity contribution < 1.29 is 13.9 Å². The van der Waals surface area contributed by atoms with Crippen molar-refractivity contribution in [1.29, 1.82) is 0 Å². The van der Waals surface area contributed by atoms with Gasteiger partial charge < -0.3 is 9.15 Å². The van der Waals surface area contributed by atoms with Crippen LogP contribution in [0.2, 0.25) is 0 Å². The van der Waals surface area contributed by atoms with Crippen LogP contribution in [0.5, 0.6) is 5.75 Å². The molecular formula is C19H19N7O3. The predicted octanol–water partition coefficient (Wildman–Crippen LogP) is 1.65. The first-order chi connectivity index (χ1) is 14.1. The summed E-state index contributed by atoms with van der Waals surface area (Å²) in [6.45, 7) is 0.389. The Morgan fingerprint density at radius 3 is 2.72 bits per heavy atom. The van der Waals surface area contributed by atoms with Crippen molar-refractivity contribution in [3.63, 3.8) is 0 Å². The van der Waals surface area contributed by atoms with Crippen LogP contribution in [-0.4, -0.2) is 58.6 Å². The fraction of sp³-hybridized carbons (Fsp3) is 0.211. The van der Waals surface area contributed by atoms with Gasteiger partial charge in [-0.3, -0.25) is 4.90 Å². The van der Waals surface area contributed by atoms with Gasteiger partial charge >= 0.3 is 6.03 Å². The van der Waals surface area contributed by atoms with Gasteiger partial charge in [0.05, 0.1) is 19.9 Å². The van der Waals surface area contributed by atoms with E-state index in [9.17, 15) is 4.79 Å². The number of hydrazine groups is 2. The molecule has 5 rings (SSSR count). The Morgan fingerprint density at radius 1 is 1.24 bits per heavy atom. The summed E-state index contributed by atoms with van der Waals surface area (Å²) in [4.78, 5) is 23.8. The van der Waals surface area contributed by atoms with Crippen LogP contribution in [0.4, 0.5) is 4.79 Å². The number of rotatable bonds is 4. The third kappa shape index (κ3) is 2.57. The van der Waals surface area contributed by atoms with Gasteiger partial charge in [0.15, 0.2) is 11.6 Å². The highest BCUT2D eigenvalue weighted by molar-refractivity contribution is 6.12. The first kappa shape index (κ1) is 17.3. The van der Waals surface area contributed by atoms with Crippen LogP contribution in [0.25, 0.3) is 5.70 Å². The number of furan rings is 1. The molecule has 1 aromatic heterocycles. The van der Waals surface area contributed by atoms with E-state index in [1.165, 1.54) is 16.4 Å². The summed E-state index contributed by atoms with van der Waals surface area (Å²) < 4.78 is 10.7. The maximum absolute atomic E-state index is 13.0. The number of benzene rings is 1. The van der Waals surface area contributed by atoms with E-state index in [1.54, 1.807) is 36.4 Å². The first-order valence-corrected chi connectivity index (χ1v) is 8.99. The van der Waals surface area contributed by atoms with Crippen molar-refractivity contribution in [3.05, 3.63) is 59.7 Å². The lowest BCUT2D eigenvalue weighted by atomic mass is 10.2. The molecule has 2 amide bonds. The quantitative estimate of drug-likeness (QED) is 0.793. The lowest BCUT2D eigenvalue weighted by Crippen LogP contribution is -2.44. The Hall–Kier alpha value is -3.79. The van der Waals surface area contributed by atoms with Gasteiger partial charge in [0, 0.05) is 7.05 Å². The molecule has 1 fully saturated rings. The molecule has 0 radical (unpaired) electrons. The van der Waals surface area contributed by atoms with Crippen molar-refractivity contribution in [2.24, 2.45) is 15.8 Å². The molecule has 2 N–H and O–H groups in total. The van der Waals surface area contributed by atoms with Crippen LogP contribution in [0, 0.1) is 0 Å². The summed E-state index contributed by atoms with van der Waals surface area (Å²) in [6.07, 6.45) is 2.50. The van der Waals surface area contributed by atoms with Crippen molar-refractivity contribution >= 4 is 23.9 Å². The fourth-order valence-electron chi connectivity index (χ4n) is 3.64. The molecule has 1 aromatic carbocycles. The number of methoxy groups -OCH3 is 1. The van der Waals surface area contributed by atoms with Crippen LogP contribution < -0.4 is 10.6 Å². The maximum Gasteiger partial charge on any atom is 0.342 e. The molecule has 10 nitrogen and oxygen atoms in total. The van der Waals surface area contributed by atoms with E-state index >= 15 is 0 Å². The topological polar surface area (TPSA) is 103 Å². The number of aliphatic imine (C=N–C) groups is 2. The van der Waals surface area contributed by atoms with Gasteiger partial charge in [-0.15, -0.1) is 0 Å². The Morgan fingerprint density at radius 2 is 2.03 bits per heavy atom. The number of fused-ring (bicyclic) bond motifs is 3. The van der Waals surface area contributed by atoms with E-state index in [0.29, 0.717) is 29.5 Å². The number of hydrogen-bond acceptors (Lipinski definition) is 8. The van der Waals surface area contributed by atoms with E-state index in [0.717, 1.165) is 11.3 Å². The van der Waals surface area contributed by atoms with Gasteiger partial charge in [-0.05, 0) is 29.8 Å². The van der Waals surface area contributed by atoms with Crippen molar-refractivity contribution in [2.45, 2.75) is 12.8 Å². The second-order valence-corrected chi connectivity index (χ2v) is 6.75. The molecule has 1 unspecified atom stereocenters. The van der Waals surface area contributed by atoms with Crippen molar-refractivity contribution in [2.75, 3.05) is 14.2 Å². The van der Waals surface area contributed by atoms with E-state index < -0.39 is 6.29 Å². The van der Waals surface area contributed by atoms with E-state index in [2.05, 4.69) is 4.99 Å². The summed E-state index contributed by atoms with van der Waals surface area (Å²) >= 11 is 0. The minimum atomic E-state index is -0.558. The van der Waals surface area contributed by atoms with Gasteiger partial charge in [-0.1, -0.05) is 12.1 Å². The second-order valence-electron chi connectivity index (χ2n) is 6.75. The summed E-state index contributed by atoms with van der Waals surface area (Å²) in [7, 11) is 3.32. The van der Waals surface area contributed by atoms with E-state index in [4.69, 9.17) is 20.0 Å². The molecule has 2 aromatic rings. The smallest absolute Gasteiger partial charge is 0.342 e. The highest BCUT2D eigenvalue weighted by Gasteiger charge is 2.51. The van der Waals surface area contributed by atoms with Crippen LogP contribution in [-0.2, 0) is 6.54 Å². The average Bonchev–Trinajstić information content (AvgIpc) is 3.44. The number of ether oxygens (including phenoxy) is 1. The molecule has 148 valence electrons. The summed E-state index contributed by atoms with van der Waals surface area (Å²) in [5.41, 5.74) is 2.16. The number of amides is 2. The Labute approximate surface area is 166 Å². The zero-order valence-corrected chi connectivity index (χ0v) is 15.9. The highest BCUT2D eigenvalue weighted by Crippen LogP contribution is 2.39. The van der Waals surface area contributed by atoms with Gasteiger partial charge in [0.1, 0.15) is 23.5 Å². The predicted molar refractivity (Wildman–Crippen MR) is 105 cm³/mol. The van der Waals surface area contributed by atoms with Crippen LogP contribution in [0.3, 0.4) is 0 Å². The lowest BCUT2D eigenvalue weighted by Gasteiger charge is -2.28. The zero-order chi connectivity index (χ0) is 20.1. The van der Waals surface area contributed by atoms with Gasteiger partial charge in [0.2, 0.25) is 6.29 Å². The Kier molecular flexibility index (Phi) is 3.81. The summed E-state index contributed by atoms with van der Waals surface area (Å²) in [5, 5.41) is 4.66. The molecule has 29 heavy (non-hydrogen) atoms. The zero-order valence-electron chi connectivity index (χ0n) is 15.9. The number of hydrogen-bond donors (Lipinski definition) is 1. The molecule has 10 heteroatoms. The normalized spacial score (nSPS) is 20.4. The first-order valence-electron chi connectivity index (χ1n) is 8.99. The lowest BCUT2D eigenvalue weighted by molar-refractivity contribution is 0.0853. The standard InChI is InChI=1S/C19H19N7O3/c1-23-19(27)24(10-12-5-7-13(28-2)8-6-12)18-22-17-16(26(18)23)15(21-11-25(17)20)14-4-3-9-29-14/h3-9,11,18H,10,20H2,1-2H3. The molecule has 0 saturated carbocycles. The molecule has 0 spiro atoms. The van der Waals surface area contributed by atoms with Crippen LogP contribution in [0.1, 0.15) is 11.3 Å². The van der Waals surface area contributed by atoms with Gasteiger partial charge in [0.25, 0.3) is 0 Å². The monoisotopic (exact) mass is 393 g/mol. The van der Waals surface area contributed by atoms with Crippen molar-refractivity contribution in [1.82, 2.24) is 19.9 Å². The number of carbonyl (C=O) groups excluding carboxylic acids is 1. The van der Waals surface area contributed by atoms with Gasteiger partial charge in [-0.2, -0.15) is 0 Å². The third-order valence-corrected chi connectivity index (χ3v) is 5.07. The summed E-state index contributed by atoms with van der Waals surface area (Å²) in [5.74, 6) is 7.94. The van der Waals surface area contributed by atoms with Crippen molar-refractivity contribution in [3.8, 4) is 5.75 Å². The van der Waals surface area contributed by atoms with Crippen LogP contribution in [0.15, 0.2) is 62.8 Å². The maximum atomic E-state index is 13.0. The molecular weight excluding hydrogens is 374 g/mol. The third-order valence-electron chi connectivity index (χ3n) is 5.07. The Bertz CT molecular complexity index is 1040. The molecule has 3 aliphatic heterocycles.